The molecule has 74 valence electrons. The van der Waals surface area contributed by atoms with Gasteiger partial charge in [-0.05, 0) is 25.8 Å². The van der Waals surface area contributed by atoms with Crippen molar-refractivity contribution in [3.05, 3.63) is 24.8 Å². The van der Waals surface area contributed by atoms with E-state index < -0.39 is 0 Å². The maximum absolute atomic E-state index is 4.13. The Labute approximate surface area is 81.9 Å². The molecule has 1 nitrogen and oxygen atoms in total. The second kappa shape index (κ2) is 4.61. The van der Waals surface area contributed by atoms with Gasteiger partial charge in [-0.15, -0.1) is 6.58 Å². The van der Waals surface area contributed by atoms with Crippen LogP contribution < -0.4 is 5.32 Å². The van der Waals surface area contributed by atoms with E-state index in [1.165, 1.54) is 18.4 Å². The molecular weight excluding hydrogens is 158 g/mol. The van der Waals surface area contributed by atoms with Gasteiger partial charge in [-0.3, -0.25) is 0 Å². The summed E-state index contributed by atoms with van der Waals surface area (Å²) in [5.41, 5.74) is 1.69. The summed E-state index contributed by atoms with van der Waals surface area (Å²) in [7, 11) is 0. The summed E-state index contributed by atoms with van der Waals surface area (Å²) in [6, 6.07) is 0. The zero-order chi connectivity index (χ0) is 9.73. The molecule has 0 aromatic rings. The lowest BCUT2D eigenvalue weighted by Gasteiger charge is -2.24. The van der Waals surface area contributed by atoms with Gasteiger partial charge in [0.2, 0.25) is 0 Å². The highest BCUT2D eigenvalue weighted by atomic mass is 14.9. The van der Waals surface area contributed by atoms with Crippen LogP contribution in [0.25, 0.3) is 0 Å². The fourth-order valence-corrected chi connectivity index (χ4v) is 2.10. The summed E-state index contributed by atoms with van der Waals surface area (Å²) in [5.74, 6) is 0. The minimum absolute atomic E-state index is 0.312. The van der Waals surface area contributed by atoms with Crippen LogP contribution in [0, 0.1) is 5.41 Å². The van der Waals surface area contributed by atoms with Gasteiger partial charge in [-0.2, -0.15) is 0 Å². The fourth-order valence-electron chi connectivity index (χ4n) is 2.10. The monoisotopic (exact) mass is 179 g/mol. The Bertz CT molecular complexity index is 187. The molecule has 0 amide bonds. The molecule has 1 fully saturated rings. The molecular formula is C12H21N. The molecule has 0 saturated carbocycles. The fraction of sp³-hybridized carbons (Fsp3) is 0.667. The minimum Gasteiger partial charge on any atom is -0.316 e. The van der Waals surface area contributed by atoms with Crippen LogP contribution in [0.15, 0.2) is 24.8 Å². The Balaban J connectivity index is 2.48. The van der Waals surface area contributed by atoms with Crippen molar-refractivity contribution in [1.29, 1.82) is 0 Å². The smallest absolute Gasteiger partial charge is 0.00529 e. The molecule has 0 spiro atoms. The van der Waals surface area contributed by atoms with Crippen molar-refractivity contribution in [3.8, 4) is 0 Å². The third-order valence-electron chi connectivity index (χ3n) is 2.92. The van der Waals surface area contributed by atoms with E-state index in [1.54, 1.807) is 0 Å². The summed E-state index contributed by atoms with van der Waals surface area (Å²) in [5, 5.41) is 3.40. The molecule has 13 heavy (non-hydrogen) atoms. The van der Waals surface area contributed by atoms with Gasteiger partial charge >= 0.3 is 0 Å². The molecule has 0 aromatic heterocycles. The second-order valence-corrected chi connectivity index (χ2v) is 4.17. The van der Waals surface area contributed by atoms with Crippen LogP contribution in [0.5, 0.6) is 0 Å². The highest BCUT2D eigenvalue weighted by Gasteiger charge is 2.30. The molecule has 1 saturated heterocycles. The third-order valence-corrected chi connectivity index (χ3v) is 2.92. The van der Waals surface area contributed by atoms with E-state index in [-0.39, 0.29) is 0 Å². The van der Waals surface area contributed by atoms with Crippen LogP contribution in [0.4, 0.5) is 0 Å². The molecule has 1 N–H and O–H groups in total. The molecule has 0 aliphatic carbocycles. The first kappa shape index (κ1) is 10.5. The topological polar surface area (TPSA) is 12.0 Å². The van der Waals surface area contributed by atoms with Gasteiger partial charge in [0.05, 0.1) is 0 Å². The minimum atomic E-state index is 0.312. The van der Waals surface area contributed by atoms with Crippen molar-refractivity contribution in [1.82, 2.24) is 5.32 Å². The number of rotatable bonds is 5. The van der Waals surface area contributed by atoms with Gasteiger partial charge in [0.1, 0.15) is 0 Å². The lowest BCUT2D eigenvalue weighted by Crippen LogP contribution is -2.21. The van der Waals surface area contributed by atoms with Crippen LogP contribution in [-0.4, -0.2) is 13.1 Å². The zero-order valence-corrected chi connectivity index (χ0v) is 8.73. The van der Waals surface area contributed by atoms with Crippen molar-refractivity contribution in [2.45, 2.75) is 32.6 Å². The lowest BCUT2D eigenvalue weighted by atomic mass is 9.80. The van der Waals surface area contributed by atoms with Crippen LogP contribution in [0.1, 0.15) is 32.6 Å². The normalized spacial score (nSPS) is 27.5. The molecule has 1 atom stereocenters. The molecule has 1 heteroatoms. The molecule has 0 radical (unpaired) electrons. The average Bonchev–Trinajstić information content (AvgIpc) is 2.54. The number of nitrogens with one attached hydrogen (secondary N) is 1. The van der Waals surface area contributed by atoms with Crippen molar-refractivity contribution < 1.29 is 0 Å². The second-order valence-electron chi connectivity index (χ2n) is 4.17. The maximum atomic E-state index is 4.13. The zero-order valence-electron chi connectivity index (χ0n) is 8.73. The molecule has 0 aromatic carbocycles. The molecule has 1 aliphatic rings. The Kier molecular flexibility index (Phi) is 3.73. The highest BCUT2D eigenvalue weighted by Crippen LogP contribution is 2.34. The van der Waals surface area contributed by atoms with Gasteiger partial charge in [0.15, 0.2) is 0 Å². The lowest BCUT2D eigenvalue weighted by molar-refractivity contribution is 0.418. The highest BCUT2D eigenvalue weighted by molar-refractivity contribution is 5.09. The predicted octanol–water partition coefficient (Wildman–Crippen LogP) is 2.90. The summed E-state index contributed by atoms with van der Waals surface area (Å²) in [4.78, 5) is 0. The Morgan fingerprint density at radius 1 is 1.62 bits per heavy atom. The predicted molar refractivity (Wildman–Crippen MR) is 58.8 cm³/mol. The first-order valence-corrected chi connectivity index (χ1v) is 5.23. The van der Waals surface area contributed by atoms with E-state index in [2.05, 4.69) is 31.5 Å². The average molecular weight is 179 g/mol. The standard InChI is InChI=1S/C12H21N/c1-4-6-11(3)9-12(5-2)7-8-13-10-12/h5,13H,2-4,6-10H2,1H3. The summed E-state index contributed by atoms with van der Waals surface area (Å²) in [6.07, 6.45) is 6.83. The van der Waals surface area contributed by atoms with E-state index in [0.29, 0.717) is 5.41 Å². The number of allylic oxidation sites excluding steroid dienone is 1. The van der Waals surface area contributed by atoms with Gasteiger partial charge in [-0.25, -0.2) is 0 Å². The first-order chi connectivity index (χ1) is 6.22. The quantitative estimate of drug-likeness (QED) is 0.640. The summed E-state index contributed by atoms with van der Waals surface area (Å²) < 4.78 is 0. The van der Waals surface area contributed by atoms with Crippen molar-refractivity contribution >= 4 is 0 Å². The number of hydrogen-bond acceptors (Lipinski definition) is 1. The van der Waals surface area contributed by atoms with Crippen molar-refractivity contribution in [2.24, 2.45) is 5.41 Å². The third kappa shape index (κ3) is 2.70. The number of hydrogen-bond donors (Lipinski definition) is 1. The maximum Gasteiger partial charge on any atom is 0.00529 e. The van der Waals surface area contributed by atoms with E-state index in [0.717, 1.165) is 25.9 Å². The van der Waals surface area contributed by atoms with Gasteiger partial charge < -0.3 is 5.32 Å². The van der Waals surface area contributed by atoms with Gasteiger partial charge in [-0.1, -0.05) is 31.6 Å². The van der Waals surface area contributed by atoms with E-state index in [4.69, 9.17) is 0 Å². The van der Waals surface area contributed by atoms with Crippen LogP contribution in [0.2, 0.25) is 0 Å². The van der Waals surface area contributed by atoms with Crippen molar-refractivity contribution in [2.75, 3.05) is 13.1 Å². The van der Waals surface area contributed by atoms with E-state index in [9.17, 15) is 0 Å². The SMILES string of the molecule is C=CC1(CC(=C)CCC)CCNC1. The Morgan fingerprint density at radius 3 is 2.85 bits per heavy atom. The van der Waals surface area contributed by atoms with Crippen LogP contribution in [0.3, 0.4) is 0 Å². The van der Waals surface area contributed by atoms with Gasteiger partial charge in [0, 0.05) is 12.0 Å². The molecule has 1 aliphatic heterocycles. The van der Waals surface area contributed by atoms with Crippen LogP contribution >= 0.6 is 0 Å². The molecule has 0 bridgehead atoms. The Hall–Kier alpha value is -0.560. The molecule has 1 rings (SSSR count). The Morgan fingerprint density at radius 2 is 2.38 bits per heavy atom. The molecule has 1 unspecified atom stereocenters. The summed E-state index contributed by atoms with van der Waals surface area (Å²) >= 11 is 0. The molecule has 1 heterocycles. The first-order valence-electron chi connectivity index (χ1n) is 5.23. The van der Waals surface area contributed by atoms with Crippen LogP contribution in [-0.2, 0) is 0 Å². The van der Waals surface area contributed by atoms with Gasteiger partial charge in [0.25, 0.3) is 0 Å². The van der Waals surface area contributed by atoms with E-state index >= 15 is 0 Å². The largest absolute Gasteiger partial charge is 0.316 e. The van der Waals surface area contributed by atoms with Crippen molar-refractivity contribution in [3.63, 3.8) is 0 Å². The van der Waals surface area contributed by atoms with E-state index in [1.807, 2.05) is 0 Å². The summed E-state index contributed by atoms with van der Waals surface area (Å²) in [6.45, 7) is 12.5.